The van der Waals surface area contributed by atoms with Gasteiger partial charge in [0.2, 0.25) is 0 Å². The quantitative estimate of drug-likeness (QED) is 0.260. The average Bonchev–Trinajstić information content (AvgIpc) is 4.07. The van der Waals surface area contributed by atoms with Crippen molar-refractivity contribution < 1.29 is 131 Å². The Morgan fingerprint density at radius 2 is 0.940 bits per heavy atom. The molecule has 0 unspecified atom stereocenters. The second kappa shape index (κ2) is 41.2. The summed E-state index contributed by atoms with van der Waals surface area (Å²) in [6.07, 6.45) is 11.2. The minimum absolute atomic E-state index is 0. The van der Waals surface area contributed by atoms with E-state index >= 15 is 0 Å². The molecule has 8 saturated heterocycles. The maximum Gasteiger partial charge on any atom is 0.0232 e. The van der Waals surface area contributed by atoms with Crippen molar-refractivity contribution in [2.45, 2.75) is 235 Å². The molecule has 0 saturated carbocycles. The zero-order valence-electron chi connectivity index (χ0n) is 48.2. The maximum absolute atomic E-state index is 4.49. The van der Waals surface area contributed by atoms with Gasteiger partial charge in [-0.1, -0.05) is 33.6 Å². The smallest absolute Gasteiger partial charge is 0.0232 e. The van der Waals surface area contributed by atoms with Gasteiger partial charge in [-0.05, 0) is 207 Å². The fourth-order valence-corrected chi connectivity index (χ4v) is 10.9. The summed E-state index contributed by atoms with van der Waals surface area (Å²) in [5.74, 6) is 0. The van der Waals surface area contributed by atoms with Gasteiger partial charge in [0, 0.05) is 191 Å². The first-order valence-electron chi connectivity index (χ1n) is 26.3. The molecule has 0 N–H and O–H groups in total. The molecular formula is C53H112N10Y4-4. The standard InChI is InChI=1S/C11H22N2.C8H15N2.C8H17N2.2C8H17N.C7H15N2.C2H6.CH3.4Y/c1-11(2,3)13-9-5-6-10(13)8-12(4)7-9;1-6(2)10-5-7-3-8(10)4-9-7;1-7(2)10-5-4-9-6-8(10)3;1-8(2,3)9-6-4-5-7-9;1-8(2)9-6-4-3-5-7-9;1-7(2)9-5-3-8-4-6-9;1-2;;;;;/h9-10H,5-8H2,1-4H3;6-8H,3-5H2,1-2H3;7-8H,4-6H2,1-3H3;4-7H2,1-3H3;8H,3-7H2,1-2H3;7H,3-6H2,1-2H3;1-2H3;1H3;;;;/q;2*-1;;;-1;;-1;;;;/t9-,10+;7-,8-;8-;;;;;;;;;/m.00........./s1. The molecule has 8 aliphatic heterocycles. The molecule has 8 aliphatic rings. The normalized spacial score (nSPS) is 26.9. The molecule has 10 nitrogen and oxygen atoms in total. The van der Waals surface area contributed by atoms with Crippen LogP contribution in [0.5, 0.6) is 0 Å². The predicted molar refractivity (Wildman–Crippen MR) is 281 cm³/mol. The van der Waals surface area contributed by atoms with Gasteiger partial charge in [-0.2, -0.15) is 0 Å². The van der Waals surface area contributed by atoms with Crippen molar-refractivity contribution in [3.63, 3.8) is 0 Å². The van der Waals surface area contributed by atoms with Gasteiger partial charge < -0.3 is 47.9 Å². The molecule has 5 atom stereocenters. The third-order valence-electron chi connectivity index (χ3n) is 14.2. The van der Waals surface area contributed by atoms with Crippen molar-refractivity contribution in [3.8, 4) is 0 Å². The fraction of sp³-hybridized carbons (Fsp3) is 0.981. The number of likely N-dealkylation sites (N-methyl/N-ethyl adjacent to an activating group) is 1. The summed E-state index contributed by atoms with van der Waals surface area (Å²) < 4.78 is 0. The number of piperazine rings is 4. The average molecular weight is 1250 g/mol. The van der Waals surface area contributed by atoms with Crippen molar-refractivity contribution in [2.75, 3.05) is 105 Å². The Hall–Kier alpha value is 4.02. The number of hydrogen-bond donors (Lipinski definition) is 0. The molecule has 8 rings (SSSR count). The molecule has 4 bridgehead atoms. The van der Waals surface area contributed by atoms with Crippen molar-refractivity contribution in [1.29, 1.82) is 0 Å². The van der Waals surface area contributed by atoms with Crippen LogP contribution in [0, 0.1) is 7.43 Å². The molecule has 0 amide bonds. The van der Waals surface area contributed by atoms with Crippen LogP contribution in [0.25, 0.3) is 16.0 Å². The first kappa shape index (κ1) is 77.5. The van der Waals surface area contributed by atoms with Gasteiger partial charge in [0.25, 0.3) is 0 Å². The second-order valence-corrected chi connectivity index (χ2v) is 22.5. The Labute approximate surface area is 521 Å². The zero-order valence-corrected chi connectivity index (χ0v) is 59.6. The van der Waals surface area contributed by atoms with Crippen LogP contribution in [0.4, 0.5) is 0 Å². The van der Waals surface area contributed by atoms with Crippen LogP contribution in [0.3, 0.4) is 0 Å². The number of hydrogen-bond acceptors (Lipinski definition) is 7. The first-order chi connectivity index (χ1) is 29.2. The van der Waals surface area contributed by atoms with E-state index < -0.39 is 0 Å². The van der Waals surface area contributed by atoms with Crippen LogP contribution >= 0.6 is 0 Å². The number of fused-ring (bicyclic) bond motifs is 4. The van der Waals surface area contributed by atoms with Crippen LogP contribution < -0.4 is 0 Å². The van der Waals surface area contributed by atoms with Gasteiger partial charge in [-0.25, -0.2) is 0 Å². The first-order valence-corrected chi connectivity index (χ1v) is 26.3. The van der Waals surface area contributed by atoms with Gasteiger partial charge >= 0.3 is 0 Å². The molecule has 0 aliphatic carbocycles. The van der Waals surface area contributed by atoms with Gasteiger partial charge in [-0.15, -0.1) is 38.8 Å². The van der Waals surface area contributed by atoms with E-state index in [1.807, 2.05) is 13.8 Å². The Morgan fingerprint density at radius 3 is 1.24 bits per heavy atom. The Morgan fingerprint density at radius 1 is 0.493 bits per heavy atom. The van der Waals surface area contributed by atoms with Crippen LogP contribution in [-0.2, 0) is 131 Å². The molecule has 0 aromatic rings. The van der Waals surface area contributed by atoms with E-state index in [9.17, 15) is 0 Å². The van der Waals surface area contributed by atoms with Gasteiger partial charge in [-0.3, -0.25) is 9.80 Å². The second-order valence-electron chi connectivity index (χ2n) is 22.5. The van der Waals surface area contributed by atoms with E-state index in [0.717, 1.165) is 82.6 Å². The van der Waals surface area contributed by atoms with Crippen molar-refractivity contribution >= 4 is 0 Å². The third kappa shape index (κ3) is 29.9. The van der Waals surface area contributed by atoms with Crippen molar-refractivity contribution in [3.05, 3.63) is 23.4 Å². The molecule has 8 heterocycles. The van der Waals surface area contributed by atoms with E-state index in [1.54, 1.807) is 0 Å². The summed E-state index contributed by atoms with van der Waals surface area (Å²) in [4.78, 5) is 17.9. The van der Waals surface area contributed by atoms with Crippen LogP contribution in [0.1, 0.15) is 169 Å². The van der Waals surface area contributed by atoms with E-state index in [4.69, 9.17) is 0 Å². The monoisotopic (exact) mass is 1240 g/mol. The Bertz CT molecular complexity index is 1080. The molecule has 8 fully saturated rings. The third-order valence-corrected chi connectivity index (χ3v) is 14.2. The van der Waals surface area contributed by atoms with Crippen LogP contribution in [0.15, 0.2) is 0 Å². The Balaban J connectivity index is -0.000000349. The predicted octanol–water partition coefficient (Wildman–Crippen LogP) is 10.6. The summed E-state index contributed by atoms with van der Waals surface area (Å²) in [7, 11) is 2.26. The summed E-state index contributed by atoms with van der Waals surface area (Å²) in [6, 6.07) is 6.68. The van der Waals surface area contributed by atoms with Crippen LogP contribution in [0.2, 0.25) is 0 Å². The van der Waals surface area contributed by atoms with E-state index in [1.165, 1.54) is 97.2 Å². The van der Waals surface area contributed by atoms with Crippen LogP contribution in [-0.4, -0.2) is 205 Å². The topological polar surface area (TPSA) is 65.0 Å². The fourth-order valence-electron chi connectivity index (χ4n) is 10.9. The number of rotatable bonds is 4. The largest absolute Gasteiger partial charge is 0.660 e. The molecule has 4 radical (unpaired) electrons. The summed E-state index contributed by atoms with van der Waals surface area (Å²) in [5.41, 5.74) is 0.781. The molecule has 0 aromatic heterocycles. The van der Waals surface area contributed by atoms with Crippen molar-refractivity contribution in [2.24, 2.45) is 0 Å². The molecule has 14 heteroatoms. The number of likely N-dealkylation sites (tertiary alicyclic amines) is 4. The molecule has 390 valence electrons. The summed E-state index contributed by atoms with van der Waals surface area (Å²) >= 11 is 0. The van der Waals surface area contributed by atoms with Gasteiger partial charge in [0.05, 0.1) is 0 Å². The minimum Gasteiger partial charge on any atom is -0.660 e. The number of piperidine rings is 1. The Kier molecular flexibility index (Phi) is 47.6. The van der Waals surface area contributed by atoms with Gasteiger partial charge in [0.1, 0.15) is 0 Å². The van der Waals surface area contributed by atoms with E-state index in [2.05, 4.69) is 161 Å². The summed E-state index contributed by atoms with van der Waals surface area (Å²) in [6.45, 7) is 56.0. The van der Waals surface area contributed by atoms with Gasteiger partial charge in [0.15, 0.2) is 0 Å². The SMILES string of the molecule is CC.CC(C)(C)N1CCCC1.CC(C)N1CCCCC1.CC(C)N1CC[N-]CC1.CC(C)N1CC[N-]C[C@@H]1C.CC(C)N1C[C@@H]2C[C@H]1C[N-]2.CN1C[C@H]2CC[C@@H](C1)N2C(C)(C)C.[CH3-].[Y].[Y].[Y].[Y]. The zero-order chi connectivity index (χ0) is 46.6. The van der Waals surface area contributed by atoms with E-state index in [0.29, 0.717) is 35.2 Å². The molecular weight excluding hydrogens is 1130 g/mol. The molecule has 67 heavy (non-hydrogen) atoms. The molecule has 0 aromatic carbocycles. The summed E-state index contributed by atoms with van der Waals surface area (Å²) in [5, 5.41) is 13.1. The van der Waals surface area contributed by atoms with E-state index in [-0.39, 0.29) is 138 Å². The number of nitrogens with zero attached hydrogens (tertiary/aromatic N) is 10. The molecule has 0 spiro atoms. The minimum atomic E-state index is 0. The van der Waals surface area contributed by atoms with Crippen molar-refractivity contribution in [1.82, 2.24) is 34.3 Å². The maximum atomic E-state index is 4.49.